The second kappa shape index (κ2) is 9.42. The molecular formula is C19H31N3O3. The van der Waals surface area contributed by atoms with Gasteiger partial charge in [0.25, 0.3) is 0 Å². The van der Waals surface area contributed by atoms with Crippen LogP contribution in [0.3, 0.4) is 0 Å². The molecule has 0 atom stereocenters. The van der Waals surface area contributed by atoms with Crippen molar-refractivity contribution in [3.8, 4) is 0 Å². The zero-order valence-electron chi connectivity index (χ0n) is 16.2. The number of hydrogen-bond acceptors (Lipinski definition) is 4. The molecule has 6 nitrogen and oxygen atoms in total. The monoisotopic (exact) mass is 349 g/mol. The lowest BCUT2D eigenvalue weighted by Gasteiger charge is -2.25. The van der Waals surface area contributed by atoms with E-state index in [0.717, 1.165) is 30.0 Å². The molecule has 0 spiro atoms. The van der Waals surface area contributed by atoms with Gasteiger partial charge in [-0.05, 0) is 58.4 Å². The quantitative estimate of drug-likeness (QED) is 0.531. The number of anilines is 2. The summed E-state index contributed by atoms with van der Waals surface area (Å²) in [5, 5.41) is 5.59. The Morgan fingerprint density at radius 3 is 2.32 bits per heavy atom. The lowest BCUT2D eigenvalue weighted by Crippen LogP contribution is -2.46. The van der Waals surface area contributed by atoms with Crippen molar-refractivity contribution in [2.45, 2.75) is 34.6 Å². The Bertz CT molecular complexity index is 596. The molecule has 0 radical (unpaired) electrons. The van der Waals surface area contributed by atoms with Crippen LogP contribution in [0, 0.1) is 12.3 Å². The van der Waals surface area contributed by atoms with Gasteiger partial charge in [0.05, 0.1) is 6.61 Å². The Kier molecular flexibility index (Phi) is 7.90. The first-order chi connectivity index (χ1) is 11.8. The maximum Gasteiger partial charge on any atom is 0.239 e. The topological polar surface area (TPSA) is 70.7 Å². The van der Waals surface area contributed by atoms with Crippen molar-refractivity contribution >= 4 is 23.2 Å². The predicted molar refractivity (Wildman–Crippen MR) is 102 cm³/mol. The first kappa shape index (κ1) is 21.0. The number of nitrogens with one attached hydrogen (secondary N) is 2. The molecule has 0 aromatic heterocycles. The number of amides is 2. The Morgan fingerprint density at radius 2 is 1.80 bits per heavy atom. The zero-order valence-corrected chi connectivity index (χ0v) is 16.2. The van der Waals surface area contributed by atoms with E-state index in [1.54, 1.807) is 21.0 Å². The maximum atomic E-state index is 12.6. The van der Waals surface area contributed by atoms with Gasteiger partial charge in [-0.25, -0.2) is 0 Å². The fourth-order valence-corrected chi connectivity index (χ4v) is 2.44. The molecule has 1 aromatic rings. The van der Waals surface area contributed by atoms with Gasteiger partial charge < -0.3 is 20.3 Å². The van der Waals surface area contributed by atoms with Gasteiger partial charge in [0, 0.05) is 38.1 Å². The minimum absolute atomic E-state index is 0.320. The Balaban J connectivity index is 2.83. The summed E-state index contributed by atoms with van der Waals surface area (Å²) in [6.07, 6.45) is 0. The number of benzene rings is 1. The molecule has 1 rings (SSSR count). The molecule has 0 saturated carbocycles. The average Bonchev–Trinajstić information content (AvgIpc) is 2.58. The van der Waals surface area contributed by atoms with Crippen LogP contribution in [-0.4, -0.2) is 45.2 Å². The van der Waals surface area contributed by atoms with E-state index in [0.29, 0.717) is 13.2 Å². The lowest BCUT2D eigenvalue weighted by molar-refractivity contribution is -0.138. The summed E-state index contributed by atoms with van der Waals surface area (Å²) in [5.41, 5.74) is 1.64. The molecule has 0 aliphatic rings. The molecule has 0 heterocycles. The van der Waals surface area contributed by atoms with Crippen LogP contribution in [0.1, 0.15) is 33.3 Å². The number of hydrogen-bond donors (Lipinski definition) is 2. The normalized spacial score (nSPS) is 11.1. The van der Waals surface area contributed by atoms with Crippen molar-refractivity contribution in [1.29, 1.82) is 0 Å². The van der Waals surface area contributed by atoms with E-state index in [2.05, 4.69) is 29.4 Å². The second-order valence-corrected chi connectivity index (χ2v) is 6.50. The molecule has 0 saturated heterocycles. The van der Waals surface area contributed by atoms with Gasteiger partial charge in [0.15, 0.2) is 0 Å². The number of ether oxygens (including phenoxy) is 1. The highest BCUT2D eigenvalue weighted by atomic mass is 16.5. The van der Waals surface area contributed by atoms with E-state index >= 15 is 0 Å². The lowest BCUT2D eigenvalue weighted by atomic mass is 9.90. The number of carbonyl (C=O) groups excluding carboxylic acids is 2. The number of methoxy groups -OCH3 is 1. The Labute approximate surface area is 150 Å². The molecule has 140 valence electrons. The molecule has 25 heavy (non-hydrogen) atoms. The minimum Gasteiger partial charge on any atom is -0.383 e. The van der Waals surface area contributed by atoms with Crippen molar-refractivity contribution in [3.63, 3.8) is 0 Å². The summed E-state index contributed by atoms with van der Waals surface area (Å²) in [5.74, 6) is -0.652. The number of nitrogens with zero attached hydrogens (tertiary/aromatic N) is 1. The molecule has 0 unspecified atom stereocenters. The SMILES string of the molecule is CCN(CC)c1ccc(NC(=O)C(C)(C)C(=O)NCCOC)c(C)c1. The highest BCUT2D eigenvalue weighted by Crippen LogP contribution is 2.25. The van der Waals surface area contributed by atoms with Crippen molar-refractivity contribution in [2.75, 3.05) is 43.6 Å². The number of carbonyl (C=O) groups is 2. The molecule has 6 heteroatoms. The Hall–Kier alpha value is -2.08. The molecule has 0 aliphatic heterocycles. The summed E-state index contributed by atoms with van der Waals surface area (Å²) in [6.45, 7) is 12.0. The summed E-state index contributed by atoms with van der Waals surface area (Å²) in [6, 6.07) is 5.93. The summed E-state index contributed by atoms with van der Waals surface area (Å²) >= 11 is 0. The Morgan fingerprint density at radius 1 is 1.16 bits per heavy atom. The zero-order chi connectivity index (χ0) is 19.0. The maximum absolute atomic E-state index is 12.6. The first-order valence-electron chi connectivity index (χ1n) is 8.72. The predicted octanol–water partition coefficient (Wildman–Crippen LogP) is 2.57. The number of aryl methyl sites for hydroxylation is 1. The minimum atomic E-state index is -1.17. The molecule has 0 bridgehead atoms. The van der Waals surface area contributed by atoms with Crippen LogP contribution < -0.4 is 15.5 Å². The van der Waals surface area contributed by atoms with Crippen LogP contribution in [0.5, 0.6) is 0 Å². The highest BCUT2D eigenvalue weighted by Gasteiger charge is 2.36. The molecule has 1 aromatic carbocycles. The largest absolute Gasteiger partial charge is 0.383 e. The van der Waals surface area contributed by atoms with Gasteiger partial charge >= 0.3 is 0 Å². The van der Waals surface area contributed by atoms with E-state index < -0.39 is 5.41 Å². The van der Waals surface area contributed by atoms with E-state index in [-0.39, 0.29) is 11.8 Å². The third-order valence-corrected chi connectivity index (χ3v) is 4.31. The first-order valence-corrected chi connectivity index (χ1v) is 8.72. The third-order valence-electron chi connectivity index (χ3n) is 4.31. The highest BCUT2D eigenvalue weighted by molar-refractivity contribution is 6.10. The van der Waals surface area contributed by atoms with Gasteiger partial charge in [-0.2, -0.15) is 0 Å². The summed E-state index contributed by atoms with van der Waals surface area (Å²) in [4.78, 5) is 27.1. The van der Waals surface area contributed by atoms with Crippen LogP contribution in [0.2, 0.25) is 0 Å². The van der Waals surface area contributed by atoms with Gasteiger partial charge in [-0.1, -0.05) is 0 Å². The van der Waals surface area contributed by atoms with Crippen molar-refractivity contribution in [2.24, 2.45) is 5.41 Å². The molecule has 2 N–H and O–H groups in total. The standard InChI is InChI=1S/C19H31N3O3/c1-7-22(8-2)15-9-10-16(14(3)13-15)21-18(24)19(4,5)17(23)20-11-12-25-6/h9-10,13H,7-8,11-12H2,1-6H3,(H,20,23)(H,21,24). The summed E-state index contributed by atoms with van der Waals surface area (Å²) in [7, 11) is 1.56. The smallest absolute Gasteiger partial charge is 0.239 e. The van der Waals surface area contributed by atoms with Gasteiger partial charge in [0.1, 0.15) is 5.41 Å². The molecule has 2 amide bonds. The van der Waals surface area contributed by atoms with Gasteiger partial charge in [-0.3, -0.25) is 9.59 Å². The second-order valence-electron chi connectivity index (χ2n) is 6.50. The fraction of sp³-hybridized carbons (Fsp3) is 0.579. The summed E-state index contributed by atoms with van der Waals surface area (Å²) < 4.78 is 4.91. The van der Waals surface area contributed by atoms with E-state index in [1.165, 1.54) is 0 Å². The van der Waals surface area contributed by atoms with E-state index in [9.17, 15) is 9.59 Å². The van der Waals surface area contributed by atoms with Crippen molar-refractivity contribution < 1.29 is 14.3 Å². The molecule has 0 aliphatic carbocycles. The van der Waals surface area contributed by atoms with E-state index in [4.69, 9.17) is 4.74 Å². The molecular weight excluding hydrogens is 318 g/mol. The van der Waals surface area contributed by atoms with E-state index in [1.807, 2.05) is 25.1 Å². The van der Waals surface area contributed by atoms with Crippen molar-refractivity contribution in [1.82, 2.24) is 5.32 Å². The average molecular weight is 349 g/mol. The fourth-order valence-electron chi connectivity index (χ4n) is 2.44. The van der Waals surface area contributed by atoms with Crippen molar-refractivity contribution in [3.05, 3.63) is 23.8 Å². The van der Waals surface area contributed by atoms with Crippen LogP contribution in [0.15, 0.2) is 18.2 Å². The van der Waals surface area contributed by atoms with Gasteiger partial charge in [-0.15, -0.1) is 0 Å². The third kappa shape index (κ3) is 5.46. The van der Waals surface area contributed by atoms with Crippen LogP contribution in [0.25, 0.3) is 0 Å². The molecule has 0 fully saturated rings. The van der Waals surface area contributed by atoms with Crippen LogP contribution in [0.4, 0.5) is 11.4 Å². The van der Waals surface area contributed by atoms with Gasteiger partial charge in [0.2, 0.25) is 11.8 Å². The number of rotatable bonds is 9. The van der Waals surface area contributed by atoms with Crippen LogP contribution >= 0.6 is 0 Å². The van der Waals surface area contributed by atoms with Crippen LogP contribution in [-0.2, 0) is 14.3 Å².